The number of amides is 1. The lowest BCUT2D eigenvalue weighted by Crippen LogP contribution is -2.53. The number of hydrogen-bond acceptors (Lipinski definition) is 7. The largest absolute Gasteiger partial charge is 0.376 e. The number of rotatable bonds is 7. The molecule has 3 N–H and O–H groups in total. The quantitative estimate of drug-likeness (QED) is 0.578. The summed E-state index contributed by atoms with van der Waals surface area (Å²) in [6.07, 6.45) is 9.50. The van der Waals surface area contributed by atoms with Crippen LogP contribution < -0.4 is 21.1 Å². The van der Waals surface area contributed by atoms with E-state index < -0.39 is 0 Å². The number of fused-ring (bicyclic) bond motifs is 6. The van der Waals surface area contributed by atoms with Gasteiger partial charge in [0.15, 0.2) is 0 Å². The topological polar surface area (TPSA) is 96.3 Å². The number of ether oxygens (including phenoxy) is 1. The minimum Gasteiger partial charge on any atom is -0.376 e. The Kier molecular flexibility index (Phi) is 6.24. The average molecular weight is 466 g/mol. The first-order valence-corrected chi connectivity index (χ1v) is 13.0. The van der Waals surface area contributed by atoms with Crippen LogP contribution in [0.25, 0.3) is 0 Å². The minimum absolute atomic E-state index is 0.0630. The highest BCUT2D eigenvalue weighted by Crippen LogP contribution is 2.45. The van der Waals surface area contributed by atoms with E-state index in [0.29, 0.717) is 24.9 Å². The zero-order valence-corrected chi connectivity index (χ0v) is 19.7. The minimum atomic E-state index is 0.0630. The van der Waals surface area contributed by atoms with E-state index in [0.717, 1.165) is 50.5 Å². The number of carbonyl (C=O) groups excluding carboxylic acids is 1. The number of carbonyl (C=O) groups is 1. The number of hydrogen-bond donors (Lipinski definition) is 3. The van der Waals surface area contributed by atoms with Gasteiger partial charge in [-0.15, -0.1) is 10.2 Å². The highest BCUT2D eigenvalue weighted by atomic mass is 16.5. The Morgan fingerprint density at radius 3 is 2.85 bits per heavy atom. The van der Waals surface area contributed by atoms with Crippen molar-refractivity contribution in [2.75, 3.05) is 18.2 Å². The Labute approximate surface area is 200 Å². The molecule has 3 aliphatic heterocycles. The van der Waals surface area contributed by atoms with Gasteiger partial charge in [-0.2, -0.15) is 0 Å². The smallest absolute Gasteiger partial charge is 0.243 e. The zero-order valence-electron chi connectivity index (χ0n) is 19.7. The lowest BCUT2D eigenvalue weighted by atomic mass is 9.81. The number of anilines is 1. The molecule has 2 saturated heterocycles. The third-order valence-corrected chi connectivity index (χ3v) is 7.85. The monoisotopic (exact) mass is 465 g/mol. The normalized spacial score (nSPS) is 30.0. The van der Waals surface area contributed by atoms with Gasteiger partial charge in [0.1, 0.15) is 18.2 Å². The fraction of sp³-hybridized carbons (Fsp3) is 0.640. The molecule has 4 aliphatic rings. The van der Waals surface area contributed by atoms with Crippen molar-refractivity contribution in [1.82, 2.24) is 30.8 Å². The molecule has 1 saturated carbocycles. The van der Waals surface area contributed by atoms with Crippen molar-refractivity contribution in [1.29, 1.82) is 0 Å². The number of aryl methyl sites for hydroxylation is 1. The van der Waals surface area contributed by atoms with Crippen LogP contribution in [0.2, 0.25) is 0 Å². The summed E-state index contributed by atoms with van der Waals surface area (Å²) >= 11 is 0. The van der Waals surface area contributed by atoms with Crippen LogP contribution in [0.3, 0.4) is 0 Å². The lowest BCUT2D eigenvalue weighted by Gasteiger charge is -2.44. The maximum absolute atomic E-state index is 12.3. The molecule has 182 valence electrons. The molecular formula is C25H35N7O2. The van der Waals surface area contributed by atoms with Gasteiger partial charge in [0.2, 0.25) is 11.9 Å². The maximum atomic E-state index is 12.3. The molecule has 2 aromatic rings. The molecule has 9 heteroatoms. The summed E-state index contributed by atoms with van der Waals surface area (Å²) in [5.74, 6) is 2.51. The number of nitrogens with zero attached hydrogens (tertiary/aromatic N) is 4. The van der Waals surface area contributed by atoms with Gasteiger partial charge in [-0.25, -0.2) is 5.43 Å². The molecule has 1 aliphatic carbocycles. The standard InChI is InChI=1S/C25H35N7O2/c33-22(26-16-18-10-7-15-34-18)14-6-13-21-28-29-25-31(21)20-12-5-4-11-19(20)24-27-23(30-32(24)25)17-8-2-1-3-9-17/h1-3,8-9,18-20,23-24,27,30H,4-7,10-16H2,(H,26,33)/t18-,19?,20?,23?,24?/m1/s1. The Bertz CT molecular complexity index is 990. The number of benzene rings is 1. The summed E-state index contributed by atoms with van der Waals surface area (Å²) in [7, 11) is 0. The summed E-state index contributed by atoms with van der Waals surface area (Å²) in [6.45, 7) is 1.44. The summed E-state index contributed by atoms with van der Waals surface area (Å²) in [4.78, 5) is 12.3. The van der Waals surface area contributed by atoms with E-state index in [9.17, 15) is 4.79 Å². The van der Waals surface area contributed by atoms with E-state index in [4.69, 9.17) is 4.74 Å². The molecule has 4 heterocycles. The third kappa shape index (κ3) is 4.21. The van der Waals surface area contributed by atoms with Crippen LogP contribution in [0.1, 0.15) is 75.0 Å². The molecular weight excluding hydrogens is 430 g/mol. The molecule has 1 aromatic carbocycles. The van der Waals surface area contributed by atoms with E-state index in [1.807, 2.05) is 0 Å². The van der Waals surface area contributed by atoms with E-state index in [2.05, 4.69) is 66.2 Å². The van der Waals surface area contributed by atoms with Gasteiger partial charge in [0.25, 0.3) is 0 Å². The molecule has 6 rings (SSSR count). The van der Waals surface area contributed by atoms with Gasteiger partial charge in [-0.05, 0) is 37.7 Å². The Morgan fingerprint density at radius 2 is 2.00 bits per heavy atom. The molecule has 1 aromatic heterocycles. The first-order valence-electron chi connectivity index (χ1n) is 13.0. The third-order valence-electron chi connectivity index (χ3n) is 7.85. The molecule has 5 atom stereocenters. The molecule has 3 fully saturated rings. The van der Waals surface area contributed by atoms with E-state index in [1.165, 1.54) is 24.8 Å². The predicted molar refractivity (Wildman–Crippen MR) is 128 cm³/mol. The van der Waals surface area contributed by atoms with Crippen LogP contribution in [0.15, 0.2) is 30.3 Å². The van der Waals surface area contributed by atoms with Crippen molar-refractivity contribution in [2.24, 2.45) is 5.92 Å². The number of nitrogens with one attached hydrogen (secondary N) is 3. The van der Waals surface area contributed by atoms with Crippen molar-refractivity contribution in [3.05, 3.63) is 41.7 Å². The van der Waals surface area contributed by atoms with Gasteiger partial charge < -0.3 is 10.1 Å². The van der Waals surface area contributed by atoms with Crippen molar-refractivity contribution in [3.8, 4) is 0 Å². The second-order valence-electron chi connectivity index (χ2n) is 10.0. The summed E-state index contributed by atoms with van der Waals surface area (Å²) in [5, 5.41) is 18.3. The molecule has 0 radical (unpaired) electrons. The molecule has 4 unspecified atom stereocenters. The van der Waals surface area contributed by atoms with Crippen molar-refractivity contribution >= 4 is 11.9 Å². The van der Waals surface area contributed by atoms with E-state index in [-0.39, 0.29) is 24.3 Å². The Morgan fingerprint density at radius 1 is 1.12 bits per heavy atom. The second kappa shape index (κ2) is 9.64. The predicted octanol–water partition coefficient (Wildman–Crippen LogP) is 2.58. The van der Waals surface area contributed by atoms with Gasteiger partial charge >= 0.3 is 0 Å². The Hall–Kier alpha value is -2.49. The fourth-order valence-electron chi connectivity index (χ4n) is 6.16. The zero-order chi connectivity index (χ0) is 22.9. The van der Waals surface area contributed by atoms with E-state index >= 15 is 0 Å². The van der Waals surface area contributed by atoms with Crippen molar-refractivity contribution < 1.29 is 9.53 Å². The summed E-state index contributed by atoms with van der Waals surface area (Å²) in [5.41, 5.74) is 4.88. The highest BCUT2D eigenvalue weighted by Gasteiger charge is 2.48. The van der Waals surface area contributed by atoms with Gasteiger partial charge in [0, 0.05) is 38.0 Å². The van der Waals surface area contributed by atoms with Crippen molar-refractivity contribution in [3.63, 3.8) is 0 Å². The molecule has 34 heavy (non-hydrogen) atoms. The number of hydrazine groups is 1. The first-order chi connectivity index (χ1) is 16.8. The van der Waals surface area contributed by atoms with Crippen LogP contribution in [-0.2, 0) is 16.0 Å². The summed E-state index contributed by atoms with van der Waals surface area (Å²) in [6, 6.07) is 10.9. The SMILES string of the molecule is O=C(CCCc1nnc2n1C1CCCCC1C1NC(c3ccccc3)NN21)NC[C@H]1CCCO1. The fourth-order valence-corrected chi connectivity index (χ4v) is 6.16. The van der Waals surface area contributed by atoms with Gasteiger partial charge in [0.05, 0.1) is 6.10 Å². The lowest BCUT2D eigenvalue weighted by molar-refractivity contribution is -0.121. The van der Waals surface area contributed by atoms with Crippen LogP contribution in [0.4, 0.5) is 5.95 Å². The maximum Gasteiger partial charge on any atom is 0.243 e. The van der Waals surface area contributed by atoms with E-state index in [1.54, 1.807) is 0 Å². The van der Waals surface area contributed by atoms with Crippen LogP contribution >= 0.6 is 0 Å². The number of aromatic nitrogens is 3. The molecule has 1 amide bonds. The van der Waals surface area contributed by atoms with Crippen LogP contribution in [-0.4, -0.2) is 46.1 Å². The van der Waals surface area contributed by atoms with Crippen molar-refractivity contribution in [2.45, 2.75) is 82.3 Å². The molecule has 9 nitrogen and oxygen atoms in total. The first kappa shape index (κ1) is 22.0. The second-order valence-corrected chi connectivity index (χ2v) is 10.0. The average Bonchev–Trinajstić information content (AvgIpc) is 3.63. The van der Waals surface area contributed by atoms with Crippen LogP contribution in [0.5, 0.6) is 0 Å². The molecule has 0 bridgehead atoms. The summed E-state index contributed by atoms with van der Waals surface area (Å²) < 4.78 is 7.97. The van der Waals surface area contributed by atoms with Gasteiger partial charge in [-0.3, -0.25) is 19.7 Å². The Balaban J connectivity index is 1.14. The van der Waals surface area contributed by atoms with Gasteiger partial charge in [-0.1, -0.05) is 43.2 Å². The van der Waals surface area contributed by atoms with Crippen LogP contribution in [0, 0.1) is 5.92 Å². The highest BCUT2D eigenvalue weighted by molar-refractivity contribution is 5.75. The molecule has 0 spiro atoms.